The van der Waals surface area contributed by atoms with Crippen LogP contribution >= 0.6 is 0 Å². The first-order valence-electron chi connectivity index (χ1n) is 21.8. The predicted molar refractivity (Wildman–Crippen MR) is 232 cm³/mol. The number of benzene rings is 1. The lowest BCUT2D eigenvalue weighted by Crippen LogP contribution is -2.60. The highest BCUT2D eigenvalue weighted by Crippen LogP contribution is 2.30. The third-order valence-corrected chi connectivity index (χ3v) is 12.2. The van der Waals surface area contributed by atoms with Gasteiger partial charge in [-0.25, -0.2) is 4.79 Å². The van der Waals surface area contributed by atoms with Gasteiger partial charge in [0.2, 0.25) is 29.5 Å². The maximum atomic E-state index is 14.5. The Hall–Kier alpha value is -4.08. The smallest absolute Gasteiger partial charge is 0.326 e. The number of rotatable bonds is 26. The molecule has 1 aliphatic rings. The van der Waals surface area contributed by atoms with Crippen LogP contribution in [0.15, 0.2) is 30.3 Å². The van der Waals surface area contributed by atoms with Gasteiger partial charge in [-0.15, -0.1) is 0 Å². The van der Waals surface area contributed by atoms with E-state index in [1.807, 2.05) is 59.7 Å². The maximum Gasteiger partial charge on any atom is 0.326 e. The minimum absolute atomic E-state index is 0.0544. The molecule has 15 nitrogen and oxygen atoms in total. The molecule has 1 aromatic carbocycles. The Labute approximate surface area is 358 Å². The highest BCUT2D eigenvalue weighted by molar-refractivity contribution is 5.92. The number of likely N-dealkylation sites (tertiary alicyclic amines) is 1. The molecule has 0 saturated carbocycles. The van der Waals surface area contributed by atoms with Gasteiger partial charge in [0.1, 0.15) is 18.1 Å². The topological polar surface area (TPSA) is 201 Å². The Balaban J connectivity index is 2.27. The Morgan fingerprint density at radius 1 is 0.883 bits per heavy atom. The van der Waals surface area contributed by atoms with Crippen LogP contribution in [0.25, 0.3) is 0 Å². The molecule has 0 radical (unpaired) electrons. The van der Waals surface area contributed by atoms with Gasteiger partial charge in [-0.3, -0.25) is 24.0 Å². The van der Waals surface area contributed by atoms with Gasteiger partial charge in [-0.2, -0.15) is 0 Å². The molecule has 1 aromatic rings. The summed E-state index contributed by atoms with van der Waals surface area (Å²) in [5.41, 5.74) is 6.38. The van der Waals surface area contributed by atoms with Gasteiger partial charge < -0.3 is 45.6 Å². The standard InChI is InChI=1S/C45H76N6O9/c1-12-30(6)40(50(9)44(56)38(28(2)3)48-43(55)39(29(4)5)49(8)36(52)23-17-14-18-24-46)35(59-10)27-37(53)51-25-19-22-34(51)41(60-11)31(7)42(54)47-33(45(57)58)26-32-20-15-13-16-21-32/h13,15-16,20-21,28-31,33-35,38-41H,12,14,17-19,22-27,46H2,1-11H3,(H,47,54)(H,48,55)(H,57,58)/t30-,31+,33-,34-,35+,38-,39?,40-,41?/m0/s1. The number of hydrogen-bond donors (Lipinski definition) is 4. The number of carbonyl (C=O) groups is 6. The lowest BCUT2D eigenvalue weighted by Gasteiger charge is -2.41. The molecule has 0 spiro atoms. The maximum absolute atomic E-state index is 14.5. The number of ether oxygens (including phenoxy) is 2. The Morgan fingerprint density at radius 3 is 2.07 bits per heavy atom. The zero-order valence-electron chi connectivity index (χ0n) is 38.1. The van der Waals surface area contributed by atoms with Gasteiger partial charge in [0.15, 0.2) is 0 Å². The SMILES string of the molecule is CC[C@H](C)[C@@H]([C@@H](CC(=O)N1CCC[C@H]1C(OC)[C@@H](C)C(=O)N[C@@H](Cc1ccccc1)C(=O)O)OC)N(C)C(=O)[C@@H](NC(=O)C(C(C)C)N(C)C(=O)CCCCCN)C(C)C. The van der Waals surface area contributed by atoms with E-state index in [0.717, 1.165) is 18.4 Å². The van der Waals surface area contributed by atoms with Crippen LogP contribution in [-0.4, -0.2) is 139 Å². The third-order valence-electron chi connectivity index (χ3n) is 12.2. The Morgan fingerprint density at radius 2 is 1.53 bits per heavy atom. The van der Waals surface area contributed by atoms with Crippen molar-refractivity contribution in [2.45, 2.75) is 149 Å². The molecule has 0 aromatic heterocycles. The molecular weight excluding hydrogens is 769 g/mol. The van der Waals surface area contributed by atoms with Crippen molar-refractivity contribution in [3.63, 3.8) is 0 Å². The summed E-state index contributed by atoms with van der Waals surface area (Å²) in [5.74, 6) is -4.14. The molecule has 1 heterocycles. The fraction of sp³-hybridized carbons (Fsp3) is 0.733. The summed E-state index contributed by atoms with van der Waals surface area (Å²) in [7, 11) is 6.31. The molecule has 340 valence electrons. The number of methoxy groups -OCH3 is 2. The summed E-state index contributed by atoms with van der Waals surface area (Å²) in [4.78, 5) is 86.2. The van der Waals surface area contributed by atoms with Crippen molar-refractivity contribution in [2.24, 2.45) is 29.4 Å². The van der Waals surface area contributed by atoms with Gasteiger partial charge in [0, 0.05) is 47.7 Å². The van der Waals surface area contributed by atoms with Crippen molar-refractivity contribution in [1.29, 1.82) is 0 Å². The molecule has 15 heteroatoms. The number of nitrogens with two attached hydrogens (primary N) is 1. The zero-order valence-corrected chi connectivity index (χ0v) is 38.1. The molecule has 0 aliphatic carbocycles. The van der Waals surface area contributed by atoms with E-state index in [1.165, 1.54) is 19.1 Å². The lowest BCUT2D eigenvalue weighted by molar-refractivity contribution is -0.149. The van der Waals surface area contributed by atoms with E-state index in [2.05, 4.69) is 10.6 Å². The summed E-state index contributed by atoms with van der Waals surface area (Å²) in [5, 5.41) is 15.6. The molecule has 9 atom stereocenters. The molecule has 2 unspecified atom stereocenters. The first kappa shape index (κ1) is 52.1. The Bertz CT molecular complexity index is 1530. The van der Waals surface area contributed by atoms with Crippen LogP contribution in [0.4, 0.5) is 0 Å². The van der Waals surface area contributed by atoms with Crippen molar-refractivity contribution in [1.82, 2.24) is 25.3 Å². The van der Waals surface area contributed by atoms with E-state index in [0.29, 0.717) is 45.2 Å². The van der Waals surface area contributed by atoms with Gasteiger partial charge in [-0.05, 0) is 55.5 Å². The van der Waals surface area contributed by atoms with E-state index in [-0.39, 0.29) is 48.3 Å². The minimum atomic E-state index is -1.15. The summed E-state index contributed by atoms with van der Waals surface area (Å²) >= 11 is 0. The zero-order chi connectivity index (χ0) is 45.3. The summed E-state index contributed by atoms with van der Waals surface area (Å²) < 4.78 is 11.9. The van der Waals surface area contributed by atoms with E-state index < -0.39 is 66.1 Å². The largest absolute Gasteiger partial charge is 0.480 e. The molecule has 1 aliphatic heterocycles. The number of likely N-dealkylation sites (N-methyl/N-ethyl adjacent to an activating group) is 2. The van der Waals surface area contributed by atoms with Crippen molar-refractivity contribution >= 4 is 35.5 Å². The summed E-state index contributed by atoms with van der Waals surface area (Å²) in [6, 6.07) is 5.22. The molecule has 60 heavy (non-hydrogen) atoms. The average Bonchev–Trinajstić information content (AvgIpc) is 3.70. The van der Waals surface area contributed by atoms with E-state index >= 15 is 0 Å². The van der Waals surface area contributed by atoms with E-state index in [4.69, 9.17) is 15.2 Å². The molecule has 0 bridgehead atoms. The molecule has 5 amide bonds. The number of aliphatic carboxylic acids is 1. The third kappa shape index (κ3) is 14.5. The highest BCUT2D eigenvalue weighted by Gasteiger charge is 2.43. The van der Waals surface area contributed by atoms with Crippen LogP contribution in [0.5, 0.6) is 0 Å². The fourth-order valence-corrected chi connectivity index (χ4v) is 8.49. The quantitative estimate of drug-likeness (QED) is 0.0994. The highest BCUT2D eigenvalue weighted by atomic mass is 16.5. The minimum Gasteiger partial charge on any atom is -0.480 e. The van der Waals surface area contributed by atoms with E-state index in [1.54, 1.807) is 43.0 Å². The van der Waals surface area contributed by atoms with Crippen molar-refractivity contribution in [2.75, 3.05) is 41.4 Å². The van der Waals surface area contributed by atoms with Crippen LogP contribution in [0.2, 0.25) is 0 Å². The van der Waals surface area contributed by atoms with Gasteiger partial charge in [-0.1, -0.05) is 91.6 Å². The number of hydrogen-bond acceptors (Lipinski definition) is 9. The summed E-state index contributed by atoms with van der Waals surface area (Å²) in [6.07, 6.45) is 3.21. The lowest BCUT2D eigenvalue weighted by atomic mass is 9.89. The monoisotopic (exact) mass is 845 g/mol. The first-order chi connectivity index (χ1) is 28.4. The van der Waals surface area contributed by atoms with E-state index in [9.17, 15) is 33.9 Å². The fourth-order valence-electron chi connectivity index (χ4n) is 8.49. The Kier molecular flexibility index (Phi) is 22.2. The van der Waals surface area contributed by atoms with Crippen molar-refractivity contribution in [3.8, 4) is 0 Å². The van der Waals surface area contributed by atoms with Crippen molar-refractivity contribution in [3.05, 3.63) is 35.9 Å². The summed E-state index contributed by atoms with van der Waals surface area (Å²) in [6.45, 7) is 14.1. The number of carboxylic acids is 1. The molecule has 2 rings (SSSR count). The second-order valence-corrected chi connectivity index (χ2v) is 17.2. The molecule has 5 N–H and O–H groups in total. The predicted octanol–water partition coefficient (Wildman–Crippen LogP) is 3.86. The second-order valence-electron chi connectivity index (χ2n) is 17.2. The van der Waals surface area contributed by atoms with Crippen LogP contribution in [0.1, 0.15) is 105 Å². The average molecular weight is 845 g/mol. The van der Waals surface area contributed by atoms with Crippen LogP contribution < -0.4 is 16.4 Å². The van der Waals surface area contributed by atoms with Gasteiger partial charge in [0.05, 0.1) is 36.6 Å². The molecule has 1 saturated heterocycles. The molecule has 1 fully saturated rings. The van der Waals surface area contributed by atoms with Gasteiger partial charge >= 0.3 is 5.97 Å². The number of nitrogens with zero attached hydrogens (tertiary/aromatic N) is 3. The number of amides is 5. The number of nitrogens with one attached hydrogen (secondary N) is 2. The van der Waals surface area contributed by atoms with Crippen LogP contribution in [0.3, 0.4) is 0 Å². The van der Waals surface area contributed by atoms with Crippen molar-refractivity contribution < 1.29 is 43.3 Å². The number of carbonyl (C=O) groups excluding carboxylic acids is 5. The second kappa shape index (κ2) is 25.6. The normalized spacial score (nSPS) is 18.2. The molecular formula is C45H76N6O9. The number of unbranched alkanes of at least 4 members (excludes halogenated alkanes) is 2. The van der Waals surface area contributed by atoms with Crippen LogP contribution in [-0.2, 0) is 44.7 Å². The number of carboxylic acid groups (broad SMARTS) is 1. The first-order valence-corrected chi connectivity index (χ1v) is 21.8. The van der Waals surface area contributed by atoms with Crippen LogP contribution in [0, 0.1) is 23.7 Å². The van der Waals surface area contributed by atoms with Gasteiger partial charge in [0.25, 0.3) is 0 Å².